The smallest absolute Gasteiger partial charge is 0.300 e. The Balaban J connectivity index is 1.96. The highest BCUT2D eigenvalue weighted by Crippen LogP contribution is 2.45. The molecule has 0 aliphatic carbocycles. The van der Waals surface area contributed by atoms with Crippen LogP contribution in [0.15, 0.2) is 66.2 Å². The Labute approximate surface area is 220 Å². The van der Waals surface area contributed by atoms with Crippen LogP contribution in [0.3, 0.4) is 0 Å². The summed E-state index contributed by atoms with van der Waals surface area (Å²) in [4.78, 5) is 28.3. The van der Waals surface area contributed by atoms with Crippen LogP contribution in [0, 0.1) is 0 Å². The zero-order chi connectivity index (χ0) is 27.4. The number of benzene rings is 3. The summed E-state index contributed by atoms with van der Waals surface area (Å²) in [5.41, 5.74) is 1.17. The molecular formula is C29H29NO8. The van der Waals surface area contributed by atoms with Crippen molar-refractivity contribution in [3.63, 3.8) is 0 Å². The molecule has 38 heavy (non-hydrogen) atoms. The molecule has 1 aliphatic rings. The van der Waals surface area contributed by atoms with Gasteiger partial charge in [0.2, 0.25) is 0 Å². The fraction of sp³-hybridized carbons (Fsp3) is 0.241. The summed E-state index contributed by atoms with van der Waals surface area (Å²) in [6.07, 6.45) is 0. The molecule has 1 saturated heterocycles. The van der Waals surface area contributed by atoms with Gasteiger partial charge < -0.3 is 28.8 Å². The van der Waals surface area contributed by atoms with Gasteiger partial charge in [0.05, 0.1) is 46.7 Å². The van der Waals surface area contributed by atoms with Crippen LogP contribution in [-0.2, 0) is 9.59 Å². The van der Waals surface area contributed by atoms with E-state index in [2.05, 4.69) is 0 Å². The van der Waals surface area contributed by atoms with Crippen LogP contribution in [0.1, 0.15) is 24.1 Å². The molecule has 1 atom stereocenters. The first-order chi connectivity index (χ1) is 18.4. The molecule has 4 rings (SSSR count). The SMILES string of the molecule is CCOc1cccc(N2C(=O)C(=O)/C(=C(\O)c3ccc(OC)c(OC)c3)C2c2ccc(OC)c(OC)c2)c1. The molecule has 9 heteroatoms. The maximum Gasteiger partial charge on any atom is 0.300 e. The Morgan fingerprint density at radius 2 is 1.45 bits per heavy atom. The lowest BCUT2D eigenvalue weighted by molar-refractivity contribution is -0.132. The molecule has 1 amide bonds. The monoisotopic (exact) mass is 519 g/mol. The van der Waals surface area contributed by atoms with Gasteiger partial charge in [-0.05, 0) is 55.0 Å². The molecule has 1 unspecified atom stereocenters. The second-order valence-electron chi connectivity index (χ2n) is 8.28. The lowest BCUT2D eigenvalue weighted by Crippen LogP contribution is -2.29. The van der Waals surface area contributed by atoms with Gasteiger partial charge in [-0.25, -0.2) is 0 Å². The van der Waals surface area contributed by atoms with Gasteiger partial charge in [0, 0.05) is 17.3 Å². The molecule has 0 saturated carbocycles. The van der Waals surface area contributed by atoms with Crippen molar-refractivity contribution in [3.8, 4) is 28.7 Å². The molecule has 1 N–H and O–H groups in total. The van der Waals surface area contributed by atoms with Crippen LogP contribution in [0.5, 0.6) is 28.7 Å². The summed E-state index contributed by atoms with van der Waals surface area (Å²) >= 11 is 0. The average Bonchev–Trinajstić information content (AvgIpc) is 3.22. The van der Waals surface area contributed by atoms with E-state index in [-0.39, 0.29) is 16.9 Å². The summed E-state index contributed by atoms with van der Waals surface area (Å²) in [5.74, 6) is 0.257. The van der Waals surface area contributed by atoms with Crippen LogP contribution in [-0.4, -0.2) is 51.8 Å². The van der Waals surface area contributed by atoms with E-state index in [0.717, 1.165) is 0 Å². The van der Waals surface area contributed by atoms with Gasteiger partial charge in [-0.3, -0.25) is 14.5 Å². The van der Waals surface area contributed by atoms with Crippen molar-refractivity contribution < 1.29 is 38.4 Å². The number of carbonyl (C=O) groups is 2. The predicted octanol–water partition coefficient (Wildman–Crippen LogP) is 4.75. The number of ketones is 1. The Bertz CT molecular complexity index is 1400. The first-order valence-electron chi connectivity index (χ1n) is 11.9. The van der Waals surface area contributed by atoms with Crippen molar-refractivity contribution in [3.05, 3.63) is 77.4 Å². The quantitative estimate of drug-likeness (QED) is 0.246. The highest BCUT2D eigenvalue weighted by Gasteiger charge is 2.47. The van der Waals surface area contributed by atoms with Gasteiger partial charge in [0.25, 0.3) is 11.7 Å². The summed E-state index contributed by atoms with van der Waals surface area (Å²) in [6.45, 7) is 2.28. The molecule has 198 valence electrons. The van der Waals surface area contributed by atoms with Gasteiger partial charge in [-0.15, -0.1) is 0 Å². The normalized spacial score (nSPS) is 16.3. The number of methoxy groups -OCH3 is 4. The first kappa shape index (κ1) is 26.4. The van der Waals surface area contributed by atoms with Crippen molar-refractivity contribution in [2.45, 2.75) is 13.0 Å². The minimum absolute atomic E-state index is 0.0868. The maximum absolute atomic E-state index is 13.5. The maximum atomic E-state index is 13.5. The molecule has 0 radical (unpaired) electrons. The van der Waals surface area contributed by atoms with E-state index in [0.29, 0.717) is 46.6 Å². The fourth-order valence-corrected chi connectivity index (χ4v) is 4.47. The molecule has 1 fully saturated rings. The van der Waals surface area contributed by atoms with Gasteiger partial charge >= 0.3 is 0 Å². The number of aliphatic hydroxyl groups is 1. The number of amides is 1. The number of anilines is 1. The third kappa shape index (κ3) is 4.70. The number of ether oxygens (including phenoxy) is 5. The highest BCUT2D eigenvalue weighted by atomic mass is 16.5. The van der Waals surface area contributed by atoms with Gasteiger partial charge in [-0.2, -0.15) is 0 Å². The van der Waals surface area contributed by atoms with Gasteiger partial charge in [-0.1, -0.05) is 12.1 Å². The van der Waals surface area contributed by atoms with E-state index in [1.165, 1.54) is 33.3 Å². The topological polar surface area (TPSA) is 104 Å². The zero-order valence-corrected chi connectivity index (χ0v) is 21.8. The molecule has 3 aromatic carbocycles. The van der Waals surface area contributed by atoms with Crippen LogP contribution in [0.2, 0.25) is 0 Å². The molecule has 0 spiro atoms. The first-order valence-corrected chi connectivity index (χ1v) is 11.9. The summed E-state index contributed by atoms with van der Waals surface area (Å²) in [6, 6.07) is 15.7. The molecule has 9 nitrogen and oxygen atoms in total. The van der Waals surface area contributed by atoms with E-state index >= 15 is 0 Å². The minimum atomic E-state index is -0.972. The van der Waals surface area contributed by atoms with E-state index in [9.17, 15) is 14.7 Å². The van der Waals surface area contributed by atoms with E-state index in [4.69, 9.17) is 23.7 Å². The third-order valence-electron chi connectivity index (χ3n) is 6.23. The van der Waals surface area contributed by atoms with Crippen molar-refractivity contribution in [1.82, 2.24) is 0 Å². The van der Waals surface area contributed by atoms with Crippen LogP contribution >= 0.6 is 0 Å². The number of aliphatic hydroxyl groups excluding tert-OH is 1. The lowest BCUT2D eigenvalue weighted by Gasteiger charge is -2.26. The van der Waals surface area contributed by atoms with Gasteiger partial charge in [0.1, 0.15) is 11.5 Å². The molecule has 0 aromatic heterocycles. The van der Waals surface area contributed by atoms with E-state index in [1.54, 1.807) is 60.7 Å². The van der Waals surface area contributed by atoms with Crippen molar-refractivity contribution >= 4 is 23.1 Å². The largest absolute Gasteiger partial charge is 0.507 e. The zero-order valence-electron chi connectivity index (χ0n) is 21.8. The third-order valence-corrected chi connectivity index (χ3v) is 6.23. The summed E-state index contributed by atoms with van der Waals surface area (Å²) in [5, 5.41) is 11.5. The standard InChI is InChI=1S/C29H29NO8/c1-6-38-20-9-7-8-19(16-20)30-26(17-10-12-21(34-2)23(14-17)36-4)25(28(32)29(30)33)27(31)18-11-13-22(35-3)24(15-18)37-5/h7-16,26,31H,6H2,1-5H3/b27-25-. The van der Waals surface area contributed by atoms with Crippen molar-refractivity contribution in [2.75, 3.05) is 39.9 Å². The molecule has 3 aromatic rings. The van der Waals surface area contributed by atoms with E-state index < -0.39 is 17.7 Å². The molecule has 1 aliphatic heterocycles. The van der Waals surface area contributed by atoms with Crippen molar-refractivity contribution in [1.29, 1.82) is 0 Å². The predicted molar refractivity (Wildman–Crippen MR) is 141 cm³/mol. The molecule has 1 heterocycles. The molecular weight excluding hydrogens is 490 g/mol. The van der Waals surface area contributed by atoms with Gasteiger partial charge in [0.15, 0.2) is 23.0 Å². The second kappa shape index (κ2) is 11.2. The number of carbonyl (C=O) groups excluding carboxylic acids is 2. The number of hydrogen-bond acceptors (Lipinski definition) is 8. The lowest BCUT2D eigenvalue weighted by atomic mass is 9.94. The Hall–Kier alpha value is -4.66. The second-order valence-corrected chi connectivity index (χ2v) is 8.28. The average molecular weight is 520 g/mol. The summed E-state index contributed by atoms with van der Waals surface area (Å²) in [7, 11) is 5.97. The van der Waals surface area contributed by atoms with Crippen LogP contribution < -0.4 is 28.6 Å². The Kier molecular flexibility index (Phi) is 7.76. The van der Waals surface area contributed by atoms with Crippen LogP contribution in [0.25, 0.3) is 5.76 Å². The Morgan fingerprint density at radius 3 is 2.08 bits per heavy atom. The van der Waals surface area contributed by atoms with Crippen LogP contribution in [0.4, 0.5) is 5.69 Å². The summed E-state index contributed by atoms with van der Waals surface area (Å²) < 4.78 is 27.1. The highest BCUT2D eigenvalue weighted by molar-refractivity contribution is 6.51. The molecule has 0 bridgehead atoms. The Morgan fingerprint density at radius 1 is 0.816 bits per heavy atom. The number of Topliss-reactive ketones (excluding diaryl/α,β-unsaturated/α-hetero) is 1. The van der Waals surface area contributed by atoms with Crippen molar-refractivity contribution in [2.24, 2.45) is 0 Å². The van der Waals surface area contributed by atoms with E-state index in [1.807, 2.05) is 6.92 Å². The number of hydrogen-bond donors (Lipinski definition) is 1. The number of nitrogens with zero attached hydrogens (tertiary/aromatic N) is 1. The minimum Gasteiger partial charge on any atom is -0.507 e. The number of rotatable bonds is 9. The fourth-order valence-electron chi connectivity index (χ4n) is 4.47.